The van der Waals surface area contributed by atoms with Crippen LogP contribution in [0.4, 0.5) is 13.2 Å². The van der Waals surface area contributed by atoms with E-state index in [1.807, 2.05) is 0 Å². The van der Waals surface area contributed by atoms with Crippen LogP contribution in [0.25, 0.3) is 0 Å². The molecule has 0 spiro atoms. The summed E-state index contributed by atoms with van der Waals surface area (Å²) in [6.45, 7) is 1.52. The van der Waals surface area contributed by atoms with Crippen molar-refractivity contribution in [3.05, 3.63) is 28.8 Å². The first-order chi connectivity index (χ1) is 8.58. The molecule has 0 aliphatic rings. The molecule has 1 atom stereocenters. The number of sulfonamides is 1. The SMILES string of the molecule is C[C@@H](CN)NS(=O)(=O)c1ccc(Cl)c(C(F)(F)F)c1.Cl. The zero-order valence-electron chi connectivity index (χ0n) is 10.2. The van der Waals surface area contributed by atoms with Crippen LogP contribution in [-0.4, -0.2) is 21.0 Å². The molecular formula is C10H13Cl2F3N2O2S. The van der Waals surface area contributed by atoms with E-state index in [1.165, 1.54) is 6.92 Å². The maximum absolute atomic E-state index is 12.6. The van der Waals surface area contributed by atoms with Crippen LogP contribution in [0.15, 0.2) is 23.1 Å². The van der Waals surface area contributed by atoms with E-state index in [0.29, 0.717) is 6.07 Å². The van der Waals surface area contributed by atoms with Crippen molar-refractivity contribution in [2.24, 2.45) is 5.73 Å². The van der Waals surface area contributed by atoms with E-state index in [-0.39, 0.29) is 19.0 Å². The van der Waals surface area contributed by atoms with Gasteiger partial charge in [0.1, 0.15) is 0 Å². The van der Waals surface area contributed by atoms with Gasteiger partial charge in [0, 0.05) is 12.6 Å². The fraction of sp³-hybridized carbons (Fsp3) is 0.400. The Labute approximate surface area is 125 Å². The van der Waals surface area contributed by atoms with Gasteiger partial charge in [-0.1, -0.05) is 11.6 Å². The monoisotopic (exact) mass is 352 g/mol. The maximum Gasteiger partial charge on any atom is 0.417 e. The fourth-order valence-electron chi connectivity index (χ4n) is 1.27. The van der Waals surface area contributed by atoms with Gasteiger partial charge in [-0.05, 0) is 25.1 Å². The summed E-state index contributed by atoms with van der Waals surface area (Å²) in [6.07, 6.45) is -4.72. The van der Waals surface area contributed by atoms with Gasteiger partial charge in [0.15, 0.2) is 0 Å². The van der Waals surface area contributed by atoms with Crippen LogP contribution in [0, 0.1) is 0 Å². The minimum absolute atomic E-state index is 0. The predicted molar refractivity (Wildman–Crippen MR) is 72.5 cm³/mol. The molecule has 0 heterocycles. The molecule has 0 amide bonds. The van der Waals surface area contributed by atoms with Crippen molar-refractivity contribution in [1.29, 1.82) is 0 Å². The Morgan fingerprint density at radius 3 is 2.40 bits per heavy atom. The zero-order valence-corrected chi connectivity index (χ0v) is 12.6. The standard InChI is InChI=1S/C10H12ClF3N2O2S.ClH/c1-6(5-15)16-19(17,18)7-2-3-9(11)8(4-7)10(12,13)14;/h2-4,6,16H,5,15H2,1H3;1H/t6-;/m0./s1. The van der Waals surface area contributed by atoms with Crippen LogP contribution in [0.5, 0.6) is 0 Å². The lowest BCUT2D eigenvalue weighted by molar-refractivity contribution is -0.137. The molecule has 1 aromatic rings. The number of rotatable bonds is 4. The number of hydrogen-bond acceptors (Lipinski definition) is 3. The Balaban J connectivity index is 0.00000361. The number of benzene rings is 1. The third-order valence-electron chi connectivity index (χ3n) is 2.26. The molecule has 20 heavy (non-hydrogen) atoms. The molecule has 116 valence electrons. The summed E-state index contributed by atoms with van der Waals surface area (Å²) >= 11 is 5.41. The molecule has 10 heteroatoms. The molecule has 0 saturated carbocycles. The van der Waals surface area contributed by atoms with Gasteiger partial charge in [-0.15, -0.1) is 12.4 Å². The molecule has 1 aromatic carbocycles. The van der Waals surface area contributed by atoms with Crippen LogP contribution in [0.2, 0.25) is 5.02 Å². The average molecular weight is 353 g/mol. The topological polar surface area (TPSA) is 72.2 Å². The zero-order chi connectivity index (χ0) is 14.8. The summed E-state index contributed by atoms with van der Waals surface area (Å²) in [6, 6.07) is 1.80. The quantitative estimate of drug-likeness (QED) is 0.873. The van der Waals surface area contributed by atoms with Crippen molar-refractivity contribution in [3.63, 3.8) is 0 Å². The largest absolute Gasteiger partial charge is 0.417 e. The molecule has 0 radical (unpaired) electrons. The number of halogens is 5. The van der Waals surface area contributed by atoms with Crippen molar-refractivity contribution in [2.45, 2.75) is 24.0 Å². The highest BCUT2D eigenvalue weighted by Gasteiger charge is 2.34. The normalized spacial score (nSPS) is 13.7. The number of hydrogen-bond donors (Lipinski definition) is 2. The lowest BCUT2D eigenvalue weighted by Crippen LogP contribution is -2.37. The first kappa shape index (κ1) is 19.5. The molecule has 0 aliphatic heterocycles. The van der Waals surface area contributed by atoms with Gasteiger partial charge in [0.05, 0.1) is 15.5 Å². The van der Waals surface area contributed by atoms with Crippen LogP contribution < -0.4 is 10.5 Å². The highest BCUT2D eigenvalue weighted by molar-refractivity contribution is 7.89. The molecule has 0 saturated heterocycles. The molecule has 4 nitrogen and oxygen atoms in total. The van der Waals surface area contributed by atoms with Gasteiger partial charge in [-0.2, -0.15) is 13.2 Å². The smallest absolute Gasteiger partial charge is 0.329 e. The first-order valence-corrected chi connectivity index (χ1v) is 7.03. The van der Waals surface area contributed by atoms with E-state index >= 15 is 0 Å². The van der Waals surface area contributed by atoms with Crippen LogP contribution in [0.1, 0.15) is 12.5 Å². The second-order valence-corrected chi connectivity index (χ2v) is 6.02. The summed E-state index contributed by atoms with van der Waals surface area (Å²) in [4.78, 5) is -0.510. The third kappa shape index (κ3) is 4.78. The lowest BCUT2D eigenvalue weighted by Gasteiger charge is -2.14. The van der Waals surface area contributed by atoms with E-state index in [9.17, 15) is 21.6 Å². The molecular weight excluding hydrogens is 340 g/mol. The summed E-state index contributed by atoms with van der Waals surface area (Å²) < 4.78 is 63.7. The van der Waals surface area contributed by atoms with Gasteiger partial charge in [-0.25, -0.2) is 13.1 Å². The predicted octanol–water partition coefficient (Wildman–Crippen LogP) is 2.41. The average Bonchev–Trinajstić information content (AvgIpc) is 2.26. The first-order valence-electron chi connectivity index (χ1n) is 5.17. The highest BCUT2D eigenvalue weighted by atomic mass is 35.5. The van der Waals surface area contributed by atoms with Crippen molar-refractivity contribution in [2.75, 3.05) is 6.54 Å². The third-order valence-corrected chi connectivity index (χ3v) is 4.18. The van der Waals surface area contributed by atoms with Gasteiger partial charge in [-0.3, -0.25) is 0 Å². The lowest BCUT2D eigenvalue weighted by atomic mass is 10.2. The van der Waals surface area contributed by atoms with Gasteiger partial charge in [0.25, 0.3) is 0 Å². The summed E-state index contributed by atoms with van der Waals surface area (Å²) in [5, 5.41) is -0.557. The van der Waals surface area contributed by atoms with Crippen LogP contribution >= 0.6 is 24.0 Å². The molecule has 0 aliphatic carbocycles. The number of nitrogens with one attached hydrogen (secondary N) is 1. The van der Waals surface area contributed by atoms with Crippen molar-refractivity contribution >= 4 is 34.0 Å². The van der Waals surface area contributed by atoms with Crippen molar-refractivity contribution in [3.8, 4) is 0 Å². The minimum atomic E-state index is -4.72. The van der Waals surface area contributed by atoms with E-state index in [1.54, 1.807) is 0 Å². The molecule has 0 unspecified atom stereocenters. The molecule has 0 fully saturated rings. The molecule has 0 aromatic heterocycles. The van der Waals surface area contributed by atoms with Gasteiger partial charge >= 0.3 is 6.18 Å². The van der Waals surface area contributed by atoms with E-state index in [0.717, 1.165) is 12.1 Å². The second-order valence-electron chi connectivity index (χ2n) is 3.90. The highest BCUT2D eigenvalue weighted by Crippen LogP contribution is 2.35. The van der Waals surface area contributed by atoms with Crippen LogP contribution in [0.3, 0.4) is 0 Å². The van der Waals surface area contributed by atoms with E-state index in [4.69, 9.17) is 17.3 Å². The minimum Gasteiger partial charge on any atom is -0.329 e. The Morgan fingerprint density at radius 2 is 1.95 bits per heavy atom. The van der Waals surface area contributed by atoms with E-state index in [2.05, 4.69) is 4.72 Å². The maximum atomic E-state index is 12.6. The fourth-order valence-corrected chi connectivity index (χ4v) is 2.78. The van der Waals surface area contributed by atoms with Crippen molar-refractivity contribution < 1.29 is 21.6 Å². The van der Waals surface area contributed by atoms with Gasteiger partial charge < -0.3 is 5.73 Å². The number of nitrogens with two attached hydrogens (primary N) is 1. The summed E-state index contributed by atoms with van der Waals surface area (Å²) in [7, 11) is -4.06. The van der Waals surface area contributed by atoms with Crippen molar-refractivity contribution in [1.82, 2.24) is 4.72 Å². The number of alkyl halides is 3. The summed E-state index contributed by atoms with van der Waals surface area (Å²) in [5.41, 5.74) is 4.06. The second kappa shape index (κ2) is 6.95. The molecule has 1 rings (SSSR count). The summed E-state index contributed by atoms with van der Waals surface area (Å²) in [5.74, 6) is 0. The Kier molecular flexibility index (Phi) is 6.76. The Bertz CT molecular complexity index is 564. The Hall–Kier alpha value is -0.540. The molecule has 0 bridgehead atoms. The Morgan fingerprint density at radius 1 is 1.40 bits per heavy atom. The molecule has 3 N–H and O–H groups in total. The van der Waals surface area contributed by atoms with Gasteiger partial charge in [0.2, 0.25) is 10.0 Å². The van der Waals surface area contributed by atoms with E-state index < -0.39 is 37.7 Å². The van der Waals surface area contributed by atoms with Crippen LogP contribution in [-0.2, 0) is 16.2 Å².